The van der Waals surface area contributed by atoms with Gasteiger partial charge in [0, 0.05) is 11.6 Å². The van der Waals surface area contributed by atoms with Gasteiger partial charge >= 0.3 is 0 Å². The van der Waals surface area contributed by atoms with Gasteiger partial charge < -0.3 is 10.7 Å². The van der Waals surface area contributed by atoms with Gasteiger partial charge in [-0.2, -0.15) is 0 Å². The second-order valence-electron chi connectivity index (χ2n) is 2.57. The van der Waals surface area contributed by atoms with E-state index in [0.717, 1.165) is 6.20 Å². The van der Waals surface area contributed by atoms with Crippen molar-refractivity contribution >= 4 is 0 Å². The Labute approximate surface area is 76.2 Å². The van der Waals surface area contributed by atoms with Crippen molar-refractivity contribution in [2.24, 2.45) is 0 Å². The van der Waals surface area contributed by atoms with Gasteiger partial charge in [-0.3, -0.25) is 10.1 Å². The molecule has 0 unspecified atom stereocenters. The van der Waals surface area contributed by atoms with E-state index in [0.29, 0.717) is 11.1 Å². The Kier molecular flexibility index (Phi) is 4.47. The van der Waals surface area contributed by atoms with E-state index in [1.54, 1.807) is 12.4 Å². The Hall–Kier alpha value is -1.62. The first-order valence-electron chi connectivity index (χ1n) is 3.55. The molecule has 0 saturated heterocycles. The van der Waals surface area contributed by atoms with Crippen LogP contribution in [0.4, 0.5) is 0 Å². The zero-order chi connectivity index (χ0) is 10.4. The highest BCUT2D eigenvalue weighted by Gasteiger charge is 2.10. The molecule has 0 aliphatic rings. The van der Waals surface area contributed by atoms with Crippen molar-refractivity contribution in [1.29, 1.82) is 0 Å². The predicted octanol–water partition coefficient (Wildman–Crippen LogP) is 1.71. The van der Waals surface area contributed by atoms with Crippen LogP contribution in [0.5, 0.6) is 0 Å². The van der Waals surface area contributed by atoms with Crippen LogP contribution in [-0.4, -0.2) is 4.92 Å². The molecule has 0 saturated carbocycles. The fourth-order valence-electron chi connectivity index (χ4n) is 0.682. The molecule has 5 heteroatoms. The van der Waals surface area contributed by atoms with Crippen molar-refractivity contribution in [1.82, 2.24) is 5.48 Å². The number of hydrogen-bond acceptors (Lipinski definition) is 4. The molecule has 0 aliphatic carbocycles. The van der Waals surface area contributed by atoms with Crippen LogP contribution in [0, 0.1) is 15.3 Å². The molecular weight excluding hydrogens is 172 g/mol. The van der Waals surface area contributed by atoms with Crippen molar-refractivity contribution in [3.8, 4) is 0 Å². The molecule has 0 fully saturated rings. The summed E-state index contributed by atoms with van der Waals surface area (Å²) in [5.41, 5.74) is 2.28. The van der Waals surface area contributed by atoms with E-state index in [1.807, 2.05) is 0 Å². The molecule has 72 valence electrons. The number of nitrogens with one attached hydrogen (secondary N) is 1. The summed E-state index contributed by atoms with van der Waals surface area (Å²) in [6.45, 7) is 6.57. The lowest BCUT2D eigenvalue weighted by molar-refractivity contribution is -0.420. The summed E-state index contributed by atoms with van der Waals surface area (Å²) in [5, 5.41) is 20.3. The van der Waals surface area contributed by atoms with Crippen LogP contribution in [-0.2, 0) is 0 Å². The van der Waals surface area contributed by atoms with Gasteiger partial charge in [0.1, 0.15) is 0 Å². The fourth-order valence-corrected chi connectivity index (χ4v) is 0.682. The molecule has 0 spiro atoms. The number of nitro groups is 1. The molecule has 0 aromatic rings. The largest absolute Gasteiger partial charge is 0.761 e. The maximum absolute atomic E-state index is 10.4. The number of rotatable bonds is 4. The summed E-state index contributed by atoms with van der Waals surface area (Å²) in [6.07, 6.45) is 2.42. The zero-order valence-electron chi connectivity index (χ0n) is 7.53. The average Bonchev–Trinajstić information content (AvgIpc) is 1.99. The van der Waals surface area contributed by atoms with Crippen LogP contribution < -0.4 is 5.48 Å². The van der Waals surface area contributed by atoms with Gasteiger partial charge in [-0.25, -0.2) is 0 Å². The second-order valence-corrected chi connectivity index (χ2v) is 2.57. The highest BCUT2D eigenvalue weighted by Crippen LogP contribution is 2.10. The van der Waals surface area contributed by atoms with E-state index in [-0.39, 0.29) is 5.70 Å². The molecule has 0 radical (unpaired) electrons. The van der Waals surface area contributed by atoms with Crippen LogP contribution in [0.3, 0.4) is 0 Å². The Balaban J connectivity index is 4.84. The molecule has 0 aromatic heterocycles. The number of allylic oxidation sites excluding steroid dienone is 3. The van der Waals surface area contributed by atoms with Gasteiger partial charge in [-0.15, -0.1) is 0 Å². The van der Waals surface area contributed by atoms with Gasteiger partial charge in [0.2, 0.25) is 0 Å². The second kappa shape index (κ2) is 5.10. The minimum absolute atomic E-state index is 0.0935. The van der Waals surface area contributed by atoms with Crippen molar-refractivity contribution in [3.63, 3.8) is 0 Å². The highest BCUT2D eigenvalue weighted by atomic mass is 16.6. The Morgan fingerprint density at radius 3 is 2.38 bits per heavy atom. The maximum atomic E-state index is 10.4. The fraction of sp³-hybridized carbons (Fsp3) is 0.250. The topological polar surface area (TPSA) is 78.2 Å². The Morgan fingerprint density at radius 2 is 2.08 bits per heavy atom. The number of hydroxylamine groups is 1. The molecule has 13 heavy (non-hydrogen) atoms. The van der Waals surface area contributed by atoms with E-state index in [9.17, 15) is 15.3 Å². The lowest BCUT2D eigenvalue weighted by atomic mass is 10.2. The first-order chi connectivity index (χ1) is 5.99. The molecule has 0 atom stereocenters. The maximum Gasteiger partial charge on any atom is 0.272 e. The highest BCUT2D eigenvalue weighted by molar-refractivity contribution is 5.28. The summed E-state index contributed by atoms with van der Waals surface area (Å²) < 4.78 is 0. The third-order valence-electron chi connectivity index (χ3n) is 1.28. The van der Waals surface area contributed by atoms with Gasteiger partial charge in [0.25, 0.3) is 5.70 Å². The van der Waals surface area contributed by atoms with Crippen LogP contribution in [0.1, 0.15) is 13.8 Å². The minimum Gasteiger partial charge on any atom is -0.761 e. The van der Waals surface area contributed by atoms with Crippen LogP contribution in [0.25, 0.3) is 0 Å². The van der Waals surface area contributed by atoms with E-state index < -0.39 is 4.92 Å². The van der Waals surface area contributed by atoms with E-state index in [1.165, 1.54) is 13.0 Å². The molecule has 0 bridgehead atoms. The third-order valence-corrected chi connectivity index (χ3v) is 1.28. The summed E-state index contributed by atoms with van der Waals surface area (Å²) in [4.78, 5) is 9.89. The van der Waals surface area contributed by atoms with E-state index in [4.69, 9.17) is 0 Å². The van der Waals surface area contributed by atoms with Crippen LogP contribution in [0.15, 0.2) is 35.7 Å². The van der Waals surface area contributed by atoms with Gasteiger partial charge in [0.15, 0.2) is 0 Å². The Bertz CT molecular complexity index is 263. The quantitative estimate of drug-likeness (QED) is 0.409. The molecule has 0 heterocycles. The molecular formula is C8H11N2O3-. The molecule has 0 aromatic carbocycles. The van der Waals surface area contributed by atoms with Crippen molar-refractivity contribution in [2.75, 3.05) is 0 Å². The minimum atomic E-state index is -0.537. The molecule has 0 aliphatic heterocycles. The third kappa shape index (κ3) is 4.07. The average molecular weight is 183 g/mol. The van der Waals surface area contributed by atoms with Gasteiger partial charge in [-0.1, -0.05) is 6.58 Å². The molecule has 0 rings (SSSR count). The van der Waals surface area contributed by atoms with Crippen molar-refractivity contribution < 1.29 is 4.92 Å². The lowest BCUT2D eigenvalue weighted by Crippen LogP contribution is -2.00. The summed E-state index contributed by atoms with van der Waals surface area (Å²) in [5.74, 6) is 0. The molecule has 1 N–H and O–H groups in total. The zero-order valence-corrected chi connectivity index (χ0v) is 7.53. The lowest BCUT2D eigenvalue weighted by Gasteiger charge is -2.02. The van der Waals surface area contributed by atoms with Gasteiger partial charge in [0.05, 0.1) is 4.92 Å². The number of hydrogen-bond donors (Lipinski definition) is 1. The molecule has 0 amide bonds. The first kappa shape index (κ1) is 11.4. The van der Waals surface area contributed by atoms with Crippen LogP contribution >= 0.6 is 0 Å². The van der Waals surface area contributed by atoms with Crippen LogP contribution in [0.2, 0.25) is 0 Å². The predicted molar refractivity (Wildman–Crippen MR) is 50.2 cm³/mol. The SMILES string of the molecule is C=C(C)/C(=C\C(C)=C/N[O-])[N+](=O)[O-]. The summed E-state index contributed by atoms with van der Waals surface area (Å²) in [6, 6.07) is 0. The smallest absolute Gasteiger partial charge is 0.272 e. The molecule has 5 nitrogen and oxygen atoms in total. The summed E-state index contributed by atoms with van der Waals surface area (Å²) in [7, 11) is 0. The van der Waals surface area contributed by atoms with Crippen molar-refractivity contribution in [2.45, 2.75) is 13.8 Å². The normalized spacial score (nSPS) is 12.5. The number of nitrogens with zero attached hydrogens (tertiary/aromatic N) is 1. The summed E-state index contributed by atoms with van der Waals surface area (Å²) >= 11 is 0. The first-order valence-corrected chi connectivity index (χ1v) is 3.55. The van der Waals surface area contributed by atoms with E-state index >= 15 is 0 Å². The van der Waals surface area contributed by atoms with E-state index in [2.05, 4.69) is 6.58 Å². The van der Waals surface area contributed by atoms with Gasteiger partial charge in [-0.05, 0) is 25.6 Å². The monoisotopic (exact) mass is 183 g/mol. The van der Waals surface area contributed by atoms with Crippen molar-refractivity contribution in [3.05, 3.63) is 51.0 Å². The standard InChI is InChI=1S/C8H11N2O3/c1-6(2)8(10(12)13)4-7(3)5-9-11/h4-5,9H,1H2,2-3H3/q-1/b7-5-,8-4+. The Morgan fingerprint density at radius 1 is 1.54 bits per heavy atom.